The van der Waals surface area contributed by atoms with Gasteiger partial charge in [0.05, 0.1) is 5.60 Å². The minimum Gasteiger partial charge on any atom is -0.390 e. The lowest BCUT2D eigenvalue weighted by Gasteiger charge is -2.58. The topological polar surface area (TPSA) is 78.3 Å². The molecule has 1 aromatic heterocycles. The number of carbonyl (C=O) groups excluding carboxylic acids is 1. The smallest absolute Gasteiger partial charge is 0.256 e. The van der Waals surface area contributed by atoms with Gasteiger partial charge in [0.15, 0.2) is 5.16 Å². The molecule has 27 heavy (non-hydrogen) atoms. The van der Waals surface area contributed by atoms with Crippen LogP contribution in [0.3, 0.4) is 0 Å². The normalized spacial score (nSPS) is 33.9. The van der Waals surface area contributed by atoms with Crippen molar-refractivity contribution in [1.29, 1.82) is 0 Å². The lowest BCUT2D eigenvalue weighted by atomic mass is 9.52. The van der Waals surface area contributed by atoms with Crippen LogP contribution in [0.15, 0.2) is 11.4 Å². The van der Waals surface area contributed by atoms with Gasteiger partial charge in [0, 0.05) is 32.1 Å². The van der Waals surface area contributed by atoms with Gasteiger partial charge in [-0.05, 0) is 56.3 Å². The minimum atomic E-state index is -0.478. The minimum absolute atomic E-state index is 0.0878. The zero-order valence-electron chi connectivity index (χ0n) is 16.4. The molecule has 7 heteroatoms. The molecule has 4 aliphatic rings. The van der Waals surface area contributed by atoms with E-state index in [1.807, 2.05) is 19.0 Å². The first-order valence-electron chi connectivity index (χ1n) is 10.1. The van der Waals surface area contributed by atoms with E-state index in [-0.39, 0.29) is 11.9 Å². The van der Waals surface area contributed by atoms with Crippen molar-refractivity contribution in [3.63, 3.8) is 0 Å². The van der Waals surface area contributed by atoms with Crippen LogP contribution in [-0.4, -0.2) is 52.5 Å². The second-order valence-electron chi connectivity index (χ2n) is 8.83. The van der Waals surface area contributed by atoms with Gasteiger partial charge in [0.25, 0.3) is 5.91 Å². The lowest BCUT2D eigenvalue weighted by molar-refractivity contribution is -0.136. The number of rotatable bonds is 6. The Morgan fingerprint density at radius 2 is 2.04 bits per heavy atom. The quantitative estimate of drug-likeness (QED) is 0.574. The predicted molar refractivity (Wildman–Crippen MR) is 107 cm³/mol. The molecule has 0 spiro atoms. The van der Waals surface area contributed by atoms with Crippen LogP contribution in [-0.2, 0) is 0 Å². The fraction of sp³-hybridized carbons (Fsp3) is 0.750. The molecule has 4 saturated carbocycles. The summed E-state index contributed by atoms with van der Waals surface area (Å²) in [6.07, 6.45) is 7.60. The van der Waals surface area contributed by atoms with Crippen LogP contribution in [0.5, 0.6) is 0 Å². The standard InChI is InChI=1S/C20H30N4O2S/c1-4-5-27-19-21-11-15(17(23-19)24(2)3)18(25)22-16-13-6-12-7-14(16)10-20(26,8-12)9-13/h11-14,16,26H,4-10H2,1-3H3,(H,22,25)/t12?,13?,14?,16-,20+. The Bertz CT molecular complexity index is 710. The van der Waals surface area contributed by atoms with Crippen molar-refractivity contribution < 1.29 is 9.90 Å². The van der Waals surface area contributed by atoms with Crippen LogP contribution in [0.2, 0.25) is 0 Å². The van der Waals surface area contributed by atoms with Gasteiger partial charge >= 0.3 is 0 Å². The van der Waals surface area contributed by atoms with Crippen LogP contribution in [0.25, 0.3) is 0 Å². The maximum absolute atomic E-state index is 13.1. The van der Waals surface area contributed by atoms with Crippen LogP contribution < -0.4 is 10.2 Å². The van der Waals surface area contributed by atoms with Gasteiger partial charge in [-0.2, -0.15) is 0 Å². The second-order valence-corrected chi connectivity index (χ2v) is 9.89. The first kappa shape index (κ1) is 19.0. The molecule has 1 amide bonds. The highest BCUT2D eigenvalue weighted by atomic mass is 32.2. The number of hydrogen-bond donors (Lipinski definition) is 2. The summed E-state index contributed by atoms with van der Waals surface area (Å²) in [6, 6.07) is 0.165. The number of hydrogen-bond acceptors (Lipinski definition) is 6. The molecule has 4 bridgehead atoms. The molecule has 2 atom stereocenters. The Hall–Kier alpha value is -1.34. The van der Waals surface area contributed by atoms with Gasteiger partial charge in [-0.15, -0.1) is 0 Å². The number of anilines is 1. The molecule has 6 nitrogen and oxygen atoms in total. The van der Waals surface area contributed by atoms with E-state index in [2.05, 4.69) is 22.2 Å². The molecule has 1 aromatic rings. The molecule has 0 radical (unpaired) electrons. The number of amides is 1. The van der Waals surface area contributed by atoms with Gasteiger partial charge in [0.1, 0.15) is 11.4 Å². The largest absolute Gasteiger partial charge is 0.390 e. The summed E-state index contributed by atoms with van der Waals surface area (Å²) in [6.45, 7) is 2.13. The number of carbonyl (C=O) groups is 1. The molecule has 0 saturated heterocycles. The van der Waals surface area contributed by atoms with Crippen LogP contribution in [0.1, 0.15) is 55.8 Å². The fourth-order valence-electron chi connectivity index (χ4n) is 5.57. The zero-order chi connectivity index (χ0) is 19.2. The highest BCUT2D eigenvalue weighted by Crippen LogP contribution is 2.55. The Kier molecular flexibility index (Phi) is 5.10. The molecule has 2 unspecified atom stereocenters. The van der Waals surface area contributed by atoms with E-state index in [1.54, 1.807) is 18.0 Å². The molecular weight excluding hydrogens is 360 g/mol. The Labute approximate surface area is 165 Å². The number of nitrogens with zero attached hydrogens (tertiary/aromatic N) is 3. The summed E-state index contributed by atoms with van der Waals surface area (Å²) >= 11 is 1.62. The maximum atomic E-state index is 13.1. The average Bonchev–Trinajstić information content (AvgIpc) is 2.61. The fourth-order valence-corrected chi connectivity index (χ4v) is 6.23. The first-order valence-corrected chi connectivity index (χ1v) is 11.1. The van der Waals surface area contributed by atoms with Crippen molar-refractivity contribution >= 4 is 23.5 Å². The Balaban J connectivity index is 1.51. The zero-order valence-corrected chi connectivity index (χ0v) is 17.3. The highest BCUT2D eigenvalue weighted by Gasteiger charge is 2.55. The molecule has 0 aliphatic heterocycles. The summed E-state index contributed by atoms with van der Waals surface area (Å²) in [5.41, 5.74) is 0.0571. The molecule has 5 rings (SSSR count). The number of nitrogens with one attached hydrogen (secondary N) is 1. The van der Waals surface area contributed by atoms with Crippen molar-refractivity contribution in [3.8, 4) is 0 Å². The number of aromatic nitrogens is 2. The number of thioether (sulfide) groups is 1. The van der Waals surface area contributed by atoms with Crippen molar-refractivity contribution in [1.82, 2.24) is 15.3 Å². The van der Waals surface area contributed by atoms with Gasteiger partial charge < -0.3 is 15.3 Å². The van der Waals surface area contributed by atoms with Crippen LogP contribution in [0.4, 0.5) is 5.82 Å². The van der Waals surface area contributed by atoms with E-state index in [4.69, 9.17) is 0 Å². The Morgan fingerprint density at radius 1 is 1.33 bits per heavy atom. The van der Waals surface area contributed by atoms with Crippen molar-refractivity contribution in [2.75, 3.05) is 24.7 Å². The molecule has 4 fully saturated rings. The van der Waals surface area contributed by atoms with Crippen molar-refractivity contribution in [3.05, 3.63) is 11.8 Å². The average molecular weight is 391 g/mol. The molecule has 4 aliphatic carbocycles. The van der Waals surface area contributed by atoms with E-state index < -0.39 is 5.60 Å². The highest BCUT2D eigenvalue weighted by molar-refractivity contribution is 7.99. The van der Waals surface area contributed by atoms with Crippen molar-refractivity contribution in [2.24, 2.45) is 17.8 Å². The van der Waals surface area contributed by atoms with E-state index in [0.717, 1.165) is 44.3 Å². The third kappa shape index (κ3) is 3.68. The van der Waals surface area contributed by atoms with Crippen LogP contribution >= 0.6 is 11.8 Å². The first-order chi connectivity index (χ1) is 12.9. The summed E-state index contributed by atoms with van der Waals surface area (Å²) in [4.78, 5) is 24.0. The maximum Gasteiger partial charge on any atom is 0.256 e. The molecule has 0 aromatic carbocycles. The molecule has 1 heterocycles. The molecule has 148 valence electrons. The summed E-state index contributed by atoms with van der Waals surface area (Å²) < 4.78 is 0. The third-order valence-electron chi connectivity index (χ3n) is 6.39. The SMILES string of the molecule is CCCSc1ncc(C(=O)N[C@H]2C3CC4CC2C[C@@](O)(C4)C3)c(N(C)C)n1. The van der Waals surface area contributed by atoms with Gasteiger partial charge in [-0.3, -0.25) is 4.79 Å². The number of aliphatic hydroxyl groups is 1. The molecule has 2 N–H and O–H groups in total. The summed E-state index contributed by atoms with van der Waals surface area (Å²) in [5, 5.41) is 14.8. The van der Waals surface area contributed by atoms with Gasteiger partial charge in [-0.25, -0.2) is 9.97 Å². The van der Waals surface area contributed by atoms with E-state index in [1.165, 1.54) is 0 Å². The summed E-state index contributed by atoms with van der Waals surface area (Å²) in [7, 11) is 3.82. The second kappa shape index (κ2) is 7.24. The van der Waals surface area contributed by atoms with Gasteiger partial charge in [0.2, 0.25) is 0 Å². The molecular formula is C20H30N4O2S. The van der Waals surface area contributed by atoms with Gasteiger partial charge in [-0.1, -0.05) is 18.7 Å². The van der Waals surface area contributed by atoms with E-state index >= 15 is 0 Å². The predicted octanol–water partition coefficient (Wildman–Crippen LogP) is 2.71. The monoisotopic (exact) mass is 390 g/mol. The van der Waals surface area contributed by atoms with E-state index in [9.17, 15) is 9.90 Å². The lowest BCUT2D eigenvalue weighted by Crippen LogP contribution is -2.61. The summed E-state index contributed by atoms with van der Waals surface area (Å²) in [5.74, 6) is 2.98. The Morgan fingerprint density at radius 3 is 2.63 bits per heavy atom. The van der Waals surface area contributed by atoms with E-state index in [0.29, 0.717) is 34.3 Å². The van der Waals surface area contributed by atoms with Crippen LogP contribution in [0, 0.1) is 17.8 Å². The van der Waals surface area contributed by atoms with Crippen molar-refractivity contribution in [2.45, 2.75) is 62.2 Å². The third-order valence-corrected chi connectivity index (χ3v) is 7.46.